The van der Waals surface area contributed by atoms with Crippen molar-refractivity contribution in [1.29, 1.82) is 0 Å². The minimum atomic E-state index is -3.69. The van der Waals surface area contributed by atoms with Crippen molar-refractivity contribution in [3.05, 3.63) is 30.5 Å². The molecule has 2 aliphatic rings. The zero-order valence-electron chi connectivity index (χ0n) is 13.9. The van der Waals surface area contributed by atoms with Gasteiger partial charge in [0.25, 0.3) is 10.0 Å². The van der Waals surface area contributed by atoms with E-state index in [4.69, 9.17) is 0 Å². The normalized spacial score (nSPS) is 21.7. The van der Waals surface area contributed by atoms with E-state index in [1.165, 1.54) is 16.8 Å². The predicted molar refractivity (Wildman–Crippen MR) is 87.9 cm³/mol. The van der Waals surface area contributed by atoms with Crippen molar-refractivity contribution in [1.82, 2.24) is 28.5 Å². The van der Waals surface area contributed by atoms with Gasteiger partial charge in [-0.2, -0.15) is 9.40 Å². The summed E-state index contributed by atoms with van der Waals surface area (Å²) in [5.41, 5.74) is 0.822. The lowest BCUT2D eigenvalue weighted by Gasteiger charge is -2.34. The topological polar surface area (TPSA) is 93.3 Å². The highest BCUT2D eigenvalue weighted by molar-refractivity contribution is 7.89. The molecule has 1 atom stereocenters. The molecule has 0 aliphatic carbocycles. The zero-order chi connectivity index (χ0) is 17.6. The van der Waals surface area contributed by atoms with Crippen molar-refractivity contribution in [2.75, 3.05) is 19.6 Å². The molecule has 0 radical (unpaired) electrons. The Kier molecular flexibility index (Phi) is 3.88. The number of fused-ring (bicyclic) bond motifs is 1. The lowest BCUT2D eigenvalue weighted by molar-refractivity contribution is -0.128. The lowest BCUT2D eigenvalue weighted by Crippen LogP contribution is -2.45. The number of aryl methyl sites for hydroxylation is 1. The molecule has 1 fully saturated rings. The van der Waals surface area contributed by atoms with Crippen LogP contribution >= 0.6 is 0 Å². The van der Waals surface area contributed by atoms with Gasteiger partial charge in [0.05, 0.1) is 24.6 Å². The molecular formula is C15H20N6O3S. The van der Waals surface area contributed by atoms with Gasteiger partial charge >= 0.3 is 0 Å². The average molecular weight is 364 g/mol. The molecule has 0 N–H and O–H groups in total. The van der Waals surface area contributed by atoms with Crippen LogP contribution in [0.3, 0.4) is 0 Å². The molecule has 1 amide bonds. The summed E-state index contributed by atoms with van der Waals surface area (Å²) in [5, 5.41) is 4.38. The molecule has 134 valence electrons. The van der Waals surface area contributed by atoms with Crippen LogP contribution in [-0.4, -0.2) is 62.5 Å². The summed E-state index contributed by atoms with van der Waals surface area (Å²) in [4.78, 5) is 17.7. The highest BCUT2D eigenvalue weighted by Crippen LogP contribution is 2.27. The largest absolute Gasteiger partial charge is 0.340 e. The summed E-state index contributed by atoms with van der Waals surface area (Å²) < 4.78 is 30.7. The fourth-order valence-electron chi connectivity index (χ4n) is 3.48. The highest BCUT2D eigenvalue weighted by atomic mass is 32.2. The van der Waals surface area contributed by atoms with Crippen molar-refractivity contribution >= 4 is 15.9 Å². The molecule has 4 rings (SSSR count). The Labute approximate surface area is 145 Å². The molecular weight excluding hydrogens is 344 g/mol. The van der Waals surface area contributed by atoms with Crippen LogP contribution < -0.4 is 0 Å². The zero-order valence-corrected chi connectivity index (χ0v) is 14.8. The number of likely N-dealkylation sites (tertiary alicyclic amines) is 1. The molecule has 0 aromatic carbocycles. The number of sulfonamides is 1. The smallest absolute Gasteiger partial charge is 0.262 e. The van der Waals surface area contributed by atoms with Crippen LogP contribution in [0.15, 0.2) is 29.8 Å². The van der Waals surface area contributed by atoms with Gasteiger partial charge in [0.1, 0.15) is 0 Å². The van der Waals surface area contributed by atoms with E-state index in [-0.39, 0.29) is 30.1 Å². The molecule has 4 heterocycles. The van der Waals surface area contributed by atoms with Crippen molar-refractivity contribution in [2.45, 2.75) is 30.5 Å². The third kappa shape index (κ3) is 2.85. The standard InChI is InChI=1S/C15H20N6O3S/c1-18-10-14(16-11-18)25(23,24)20-8-12-4-5-17-21(12)13(9-20)7-19-6-2-3-15(19)22/h4-5,10-11,13H,2-3,6-9H2,1H3. The number of rotatable bonds is 4. The second-order valence-corrected chi connectivity index (χ2v) is 8.42. The minimum Gasteiger partial charge on any atom is -0.340 e. The molecule has 0 spiro atoms. The minimum absolute atomic E-state index is 0.0407. The van der Waals surface area contributed by atoms with Crippen molar-refractivity contribution < 1.29 is 13.2 Å². The van der Waals surface area contributed by atoms with E-state index < -0.39 is 10.0 Å². The maximum atomic E-state index is 12.9. The molecule has 2 aromatic rings. The fourth-order valence-corrected chi connectivity index (χ4v) is 4.89. The maximum Gasteiger partial charge on any atom is 0.262 e. The molecule has 2 aromatic heterocycles. The van der Waals surface area contributed by atoms with Gasteiger partial charge in [-0.3, -0.25) is 9.48 Å². The summed E-state index contributed by atoms with van der Waals surface area (Å²) in [6.07, 6.45) is 6.06. The number of amides is 1. The van der Waals surface area contributed by atoms with Gasteiger partial charge in [-0.15, -0.1) is 0 Å². The molecule has 1 unspecified atom stereocenters. The van der Waals surface area contributed by atoms with Gasteiger partial charge in [0.15, 0.2) is 5.03 Å². The van der Waals surface area contributed by atoms with Crippen LogP contribution in [0.2, 0.25) is 0 Å². The van der Waals surface area contributed by atoms with E-state index in [9.17, 15) is 13.2 Å². The second-order valence-electron chi connectivity index (χ2n) is 6.54. The Morgan fingerprint density at radius 2 is 2.20 bits per heavy atom. The number of nitrogens with zero attached hydrogens (tertiary/aromatic N) is 6. The quantitative estimate of drug-likeness (QED) is 0.760. The van der Waals surface area contributed by atoms with Crippen LogP contribution in [0.1, 0.15) is 24.6 Å². The van der Waals surface area contributed by atoms with Crippen LogP contribution in [-0.2, 0) is 28.4 Å². The van der Waals surface area contributed by atoms with Gasteiger partial charge in [0.2, 0.25) is 5.91 Å². The number of carbonyl (C=O) groups excluding carboxylic acids is 1. The van der Waals surface area contributed by atoms with Crippen molar-refractivity contribution in [3.63, 3.8) is 0 Å². The molecule has 0 saturated carbocycles. The number of aromatic nitrogens is 4. The van der Waals surface area contributed by atoms with Crippen molar-refractivity contribution in [3.8, 4) is 0 Å². The average Bonchev–Trinajstić information content (AvgIpc) is 3.29. The first kappa shape index (κ1) is 16.3. The number of imidazole rings is 1. The summed E-state index contributed by atoms with van der Waals surface area (Å²) in [6.45, 7) is 1.72. The van der Waals surface area contributed by atoms with E-state index in [1.54, 1.807) is 22.7 Å². The van der Waals surface area contributed by atoms with Gasteiger partial charge < -0.3 is 9.47 Å². The number of hydrogen-bond donors (Lipinski definition) is 0. The van der Waals surface area contributed by atoms with Crippen molar-refractivity contribution in [2.24, 2.45) is 7.05 Å². The molecule has 25 heavy (non-hydrogen) atoms. The van der Waals surface area contributed by atoms with Crippen LogP contribution in [0.5, 0.6) is 0 Å². The van der Waals surface area contributed by atoms with Crippen LogP contribution in [0, 0.1) is 0 Å². The lowest BCUT2D eigenvalue weighted by atomic mass is 10.2. The number of hydrogen-bond acceptors (Lipinski definition) is 5. The Bertz CT molecular complexity index is 902. The summed E-state index contributed by atoms with van der Waals surface area (Å²) in [5.74, 6) is 0.124. The fraction of sp³-hybridized carbons (Fsp3) is 0.533. The first-order valence-corrected chi connectivity index (χ1v) is 9.67. The van der Waals surface area contributed by atoms with Crippen LogP contribution in [0.25, 0.3) is 0 Å². The first-order chi connectivity index (χ1) is 11.9. The Morgan fingerprint density at radius 3 is 2.88 bits per heavy atom. The SMILES string of the molecule is Cn1cnc(S(=O)(=O)N2Cc3ccnn3C(CN3CCCC3=O)C2)c1. The Balaban J connectivity index is 1.62. The van der Waals surface area contributed by atoms with E-state index in [2.05, 4.69) is 10.1 Å². The Hall–Kier alpha value is -2.20. The third-order valence-electron chi connectivity index (χ3n) is 4.74. The van der Waals surface area contributed by atoms with Gasteiger partial charge in [0, 0.05) is 45.5 Å². The summed E-state index contributed by atoms with van der Waals surface area (Å²) >= 11 is 0. The van der Waals surface area contributed by atoms with Gasteiger partial charge in [-0.25, -0.2) is 13.4 Å². The van der Waals surface area contributed by atoms with Gasteiger partial charge in [-0.1, -0.05) is 0 Å². The molecule has 10 heteroatoms. The highest BCUT2D eigenvalue weighted by Gasteiger charge is 2.36. The van der Waals surface area contributed by atoms with E-state index in [0.29, 0.717) is 13.0 Å². The monoisotopic (exact) mass is 364 g/mol. The number of carbonyl (C=O) groups is 1. The third-order valence-corrected chi connectivity index (χ3v) is 6.44. The van der Waals surface area contributed by atoms with Crippen LogP contribution in [0.4, 0.5) is 0 Å². The maximum absolute atomic E-state index is 12.9. The van der Waals surface area contributed by atoms with Gasteiger partial charge in [-0.05, 0) is 12.5 Å². The molecule has 0 bridgehead atoms. The molecule has 1 saturated heterocycles. The van der Waals surface area contributed by atoms with E-state index in [1.807, 2.05) is 10.7 Å². The summed E-state index contributed by atoms with van der Waals surface area (Å²) in [7, 11) is -1.95. The molecule has 2 aliphatic heterocycles. The molecule has 9 nitrogen and oxygen atoms in total. The second kappa shape index (κ2) is 5.95. The van der Waals surface area contributed by atoms with E-state index in [0.717, 1.165) is 18.7 Å². The Morgan fingerprint density at radius 1 is 1.36 bits per heavy atom. The first-order valence-electron chi connectivity index (χ1n) is 8.23. The predicted octanol–water partition coefficient (Wildman–Crippen LogP) is -0.0154. The summed E-state index contributed by atoms with van der Waals surface area (Å²) in [6, 6.07) is 1.62. The van der Waals surface area contributed by atoms with E-state index >= 15 is 0 Å².